The fourth-order valence-electron chi connectivity index (χ4n) is 1.66. The highest BCUT2D eigenvalue weighted by Crippen LogP contribution is 2.21. The predicted octanol–water partition coefficient (Wildman–Crippen LogP) is 3.25. The molecule has 0 aliphatic carbocycles. The molecule has 0 fully saturated rings. The summed E-state index contributed by atoms with van der Waals surface area (Å²) < 4.78 is 14.2. The molecule has 1 rings (SSSR count). The molecule has 0 aliphatic heterocycles. The molecule has 1 aromatic rings. The van der Waals surface area contributed by atoms with Gasteiger partial charge >= 0.3 is 0 Å². The van der Waals surface area contributed by atoms with Crippen molar-refractivity contribution in [2.45, 2.75) is 38.7 Å². The number of Topliss-reactive ketones (excluding diaryl/α,β-unsaturated/α-hetero) is 1. The first-order valence-corrected chi connectivity index (χ1v) is 6.42. The third-order valence-electron chi connectivity index (χ3n) is 3.05. The van der Waals surface area contributed by atoms with E-state index in [-0.39, 0.29) is 12.2 Å². The maximum Gasteiger partial charge on any atom is 0.168 e. The van der Waals surface area contributed by atoms with Crippen molar-refractivity contribution in [3.05, 3.63) is 34.1 Å². The normalized spacial score (nSPS) is 11.6. The minimum absolute atomic E-state index is 0.0799. The second-order valence-corrected chi connectivity index (χ2v) is 4.99. The largest absolute Gasteiger partial charge is 0.382 e. The number of halogens is 2. The van der Waals surface area contributed by atoms with E-state index in [9.17, 15) is 14.3 Å². The highest BCUT2D eigenvalue weighted by atomic mass is 79.9. The van der Waals surface area contributed by atoms with Gasteiger partial charge < -0.3 is 5.11 Å². The fourth-order valence-corrected chi connectivity index (χ4v) is 2.07. The number of ketones is 1. The van der Waals surface area contributed by atoms with E-state index in [1.54, 1.807) is 26.0 Å². The van der Waals surface area contributed by atoms with Gasteiger partial charge in [0.1, 0.15) is 11.4 Å². The summed E-state index contributed by atoms with van der Waals surface area (Å²) in [6.45, 7) is 3.50. The van der Waals surface area contributed by atoms with Crippen LogP contribution in [0.2, 0.25) is 0 Å². The lowest BCUT2D eigenvalue weighted by Crippen LogP contribution is -2.38. The Balaban J connectivity index is 2.91. The van der Waals surface area contributed by atoms with Crippen LogP contribution in [0, 0.1) is 5.82 Å². The van der Waals surface area contributed by atoms with Crippen molar-refractivity contribution >= 4 is 21.7 Å². The summed E-state index contributed by atoms with van der Waals surface area (Å²) in [5.41, 5.74) is -1.03. The van der Waals surface area contributed by atoms with E-state index < -0.39 is 11.4 Å². The number of carbonyl (C=O) groups is 1. The number of aliphatic hydroxyl groups is 1. The lowest BCUT2D eigenvalue weighted by molar-refractivity contribution is -0.137. The molecule has 2 nitrogen and oxygen atoms in total. The summed E-state index contributed by atoms with van der Waals surface area (Å²) in [7, 11) is 0. The molecule has 4 heteroatoms. The summed E-state index contributed by atoms with van der Waals surface area (Å²) in [4.78, 5) is 11.9. The summed E-state index contributed by atoms with van der Waals surface area (Å²) in [5, 5.41) is 10.0. The van der Waals surface area contributed by atoms with Gasteiger partial charge in [-0.1, -0.05) is 29.8 Å². The van der Waals surface area contributed by atoms with Gasteiger partial charge in [0.15, 0.2) is 5.78 Å². The summed E-state index contributed by atoms with van der Waals surface area (Å²) in [5.74, 6) is -0.754. The van der Waals surface area contributed by atoms with Crippen LogP contribution in [-0.2, 0) is 11.2 Å². The van der Waals surface area contributed by atoms with E-state index in [1.807, 2.05) is 0 Å². The van der Waals surface area contributed by atoms with Crippen LogP contribution in [0.4, 0.5) is 4.39 Å². The van der Waals surface area contributed by atoms with Gasteiger partial charge in [0.2, 0.25) is 0 Å². The number of hydrogen-bond donors (Lipinski definition) is 1. The van der Waals surface area contributed by atoms with Crippen LogP contribution in [-0.4, -0.2) is 16.5 Å². The summed E-state index contributed by atoms with van der Waals surface area (Å²) >= 11 is 3.23. The summed E-state index contributed by atoms with van der Waals surface area (Å²) in [6, 6.07) is 4.46. The molecule has 1 aromatic carbocycles. The van der Waals surface area contributed by atoms with E-state index in [0.29, 0.717) is 18.4 Å². The smallest absolute Gasteiger partial charge is 0.168 e. The number of carbonyl (C=O) groups excluding carboxylic acids is 1. The molecule has 94 valence electrons. The Hall–Kier alpha value is -0.740. The van der Waals surface area contributed by atoms with Crippen molar-refractivity contribution in [3.63, 3.8) is 0 Å². The minimum Gasteiger partial charge on any atom is -0.382 e. The van der Waals surface area contributed by atoms with Gasteiger partial charge in [-0.3, -0.25) is 4.79 Å². The molecule has 0 amide bonds. The van der Waals surface area contributed by atoms with Crippen LogP contribution in [0.25, 0.3) is 0 Å². The molecular weight excluding hydrogens is 287 g/mol. The maximum atomic E-state index is 13.5. The van der Waals surface area contributed by atoms with Gasteiger partial charge in [0.05, 0.1) is 0 Å². The third-order valence-corrected chi connectivity index (χ3v) is 3.54. The number of rotatable bonds is 5. The zero-order chi connectivity index (χ0) is 13.1. The van der Waals surface area contributed by atoms with Crippen LogP contribution in [0.1, 0.15) is 32.3 Å². The highest BCUT2D eigenvalue weighted by Gasteiger charge is 2.31. The van der Waals surface area contributed by atoms with E-state index in [2.05, 4.69) is 15.9 Å². The van der Waals surface area contributed by atoms with Crippen molar-refractivity contribution in [3.8, 4) is 0 Å². The first kappa shape index (κ1) is 14.3. The Kier molecular flexibility index (Phi) is 4.83. The van der Waals surface area contributed by atoms with E-state index in [4.69, 9.17) is 0 Å². The van der Waals surface area contributed by atoms with Crippen molar-refractivity contribution in [2.75, 3.05) is 0 Å². The number of benzene rings is 1. The topological polar surface area (TPSA) is 37.3 Å². The Morgan fingerprint density at radius 2 is 2.00 bits per heavy atom. The average Bonchev–Trinajstić information content (AvgIpc) is 2.32. The van der Waals surface area contributed by atoms with Gasteiger partial charge in [-0.05, 0) is 36.6 Å². The molecule has 0 atom stereocenters. The maximum absolute atomic E-state index is 13.5. The molecule has 0 spiro atoms. The molecular formula is C13H16BrFO2. The van der Waals surface area contributed by atoms with Crippen molar-refractivity contribution in [1.82, 2.24) is 0 Å². The van der Waals surface area contributed by atoms with Crippen molar-refractivity contribution in [1.29, 1.82) is 0 Å². The van der Waals surface area contributed by atoms with Gasteiger partial charge in [0, 0.05) is 10.9 Å². The van der Waals surface area contributed by atoms with E-state index in [1.165, 1.54) is 6.07 Å². The van der Waals surface area contributed by atoms with Crippen LogP contribution in [0.15, 0.2) is 22.7 Å². The molecule has 0 radical (unpaired) electrons. The minimum atomic E-state index is -1.34. The quantitative estimate of drug-likeness (QED) is 0.906. The Bertz CT molecular complexity index is 414. The SMILES string of the molecule is CCC(O)(CC)C(=O)Cc1cc(Br)ccc1F. The van der Waals surface area contributed by atoms with E-state index in [0.717, 1.165) is 4.47 Å². The first-order valence-electron chi connectivity index (χ1n) is 5.62. The molecule has 0 saturated carbocycles. The Morgan fingerprint density at radius 1 is 1.41 bits per heavy atom. The third kappa shape index (κ3) is 3.36. The van der Waals surface area contributed by atoms with Gasteiger partial charge in [-0.15, -0.1) is 0 Å². The fraction of sp³-hybridized carbons (Fsp3) is 0.462. The zero-order valence-corrected chi connectivity index (χ0v) is 11.6. The highest BCUT2D eigenvalue weighted by molar-refractivity contribution is 9.10. The van der Waals surface area contributed by atoms with Crippen LogP contribution in [0.3, 0.4) is 0 Å². The molecule has 0 aliphatic rings. The summed E-state index contributed by atoms with van der Waals surface area (Å²) in [6.07, 6.45) is 0.610. The van der Waals surface area contributed by atoms with Gasteiger partial charge in [-0.25, -0.2) is 4.39 Å². The molecule has 0 aromatic heterocycles. The van der Waals surface area contributed by atoms with Gasteiger partial charge in [0.25, 0.3) is 0 Å². The van der Waals surface area contributed by atoms with Crippen molar-refractivity contribution in [2.24, 2.45) is 0 Å². The zero-order valence-electron chi connectivity index (χ0n) is 9.96. The van der Waals surface area contributed by atoms with Crippen LogP contribution >= 0.6 is 15.9 Å². The first-order chi connectivity index (χ1) is 7.92. The molecule has 0 unspecified atom stereocenters. The molecule has 1 N–H and O–H groups in total. The standard InChI is InChI=1S/C13H16BrFO2/c1-3-13(17,4-2)12(16)8-9-7-10(14)5-6-11(9)15/h5-7,17H,3-4,8H2,1-2H3. The van der Waals surface area contributed by atoms with Gasteiger partial charge in [-0.2, -0.15) is 0 Å². The molecule has 0 heterocycles. The monoisotopic (exact) mass is 302 g/mol. The Labute approximate surface area is 109 Å². The second-order valence-electron chi connectivity index (χ2n) is 4.07. The predicted molar refractivity (Wildman–Crippen MR) is 68.3 cm³/mol. The van der Waals surface area contributed by atoms with Crippen molar-refractivity contribution < 1.29 is 14.3 Å². The number of hydrogen-bond acceptors (Lipinski definition) is 2. The molecule has 0 bridgehead atoms. The van der Waals surface area contributed by atoms with Crippen LogP contribution in [0.5, 0.6) is 0 Å². The average molecular weight is 303 g/mol. The molecule has 0 saturated heterocycles. The van der Waals surface area contributed by atoms with E-state index >= 15 is 0 Å². The Morgan fingerprint density at radius 3 is 2.53 bits per heavy atom. The lowest BCUT2D eigenvalue weighted by atomic mass is 9.88. The van der Waals surface area contributed by atoms with Crippen LogP contribution < -0.4 is 0 Å². The molecule has 17 heavy (non-hydrogen) atoms. The lowest BCUT2D eigenvalue weighted by Gasteiger charge is -2.23. The second kappa shape index (κ2) is 5.74.